The van der Waals surface area contributed by atoms with Gasteiger partial charge in [-0.1, -0.05) is 13.8 Å². The Morgan fingerprint density at radius 3 is 2.62 bits per heavy atom. The molecule has 7 nitrogen and oxygen atoms in total. The maximum absolute atomic E-state index is 13.2. The number of rotatable bonds is 8. The van der Waals surface area contributed by atoms with Crippen molar-refractivity contribution in [3.05, 3.63) is 45.8 Å². The fourth-order valence-electron chi connectivity index (χ4n) is 2.21. The predicted octanol–water partition coefficient (Wildman–Crippen LogP) is 3.23. The van der Waals surface area contributed by atoms with E-state index >= 15 is 0 Å². The van der Waals surface area contributed by atoms with E-state index in [2.05, 4.69) is 5.32 Å². The molecule has 0 fully saturated rings. The van der Waals surface area contributed by atoms with Crippen LogP contribution in [0.2, 0.25) is 0 Å². The van der Waals surface area contributed by atoms with Crippen LogP contribution < -0.4 is 5.32 Å². The van der Waals surface area contributed by atoms with Crippen molar-refractivity contribution in [2.24, 2.45) is 5.92 Å². The van der Waals surface area contributed by atoms with Gasteiger partial charge >= 0.3 is 5.97 Å². The number of halogens is 1. The van der Waals surface area contributed by atoms with Crippen LogP contribution in [0.25, 0.3) is 6.08 Å². The van der Waals surface area contributed by atoms with Crippen molar-refractivity contribution in [1.82, 2.24) is 5.32 Å². The van der Waals surface area contributed by atoms with E-state index in [1.165, 1.54) is 12.1 Å². The minimum atomic E-state index is -0.845. The van der Waals surface area contributed by atoms with Crippen molar-refractivity contribution in [2.45, 2.75) is 39.7 Å². The number of nitro groups is 1. The predicted molar refractivity (Wildman–Crippen MR) is 94.7 cm³/mol. The summed E-state index contributed by atoms with van der Waals surface area (Å²) in [6.45, 7) is 7.37. The summed E-state index contributed by atoms with van der Waals surface area (Å²) in [6.07, 6.45) is 2.35. The third kappa shape index (κ3) is 5.94. The summed E-state index contributed by atoms with van der Waals surface area (Å²) in [6, 6.07) is 3.08. The van der Waals surface area contributed by atoms with Crippen LogP contribution in [0.5, 0.6) is 0 Å². The van der Waals surface area contributed by atoms with Crippen LogP contribution in [0.4, 0.5) is 10.1 Å². The number of nitrogens with one attached hydrogen (secondary N) is 1. The number of ether oxygens (including phenoxy) is 1. The molecule has 0 aliphatic carbocycles. The molecule has 142 valence electrons. The highest BCUT2D eigenvalue weighted by molar-refractivity contribution is 5.93. The molecule has 0 aliphatic heterocycles. The number of amides is 1. The zero-order valence-corrected chi connectivity index (χ0v) is 15.2. The van der Waals surface area contributed by atoms with Crippen LogP contribution in [-0.2, 0) is 14.3 Å². The Bertz CT molecular complexity index is 718. The molecule has 8 heteroatoms. The second-order valence-electron chi connectivity index (χ2n) is 6.34. The maximum atomic E-state index is 13.2. The van der Waals surface area contributed by atoms with Crippen molar-refractivity contribution < 1.29 is 23.6 Å². The topological polar surface area (TPSA) is 98.5 Å². The summed E-state index contributed by atoms with van der Waals surface area (Å²) in [5, 5.41) is 13.7. The number of benzene rings is 1. The SMILES string of the molecule is CCOC(=O)CC(C)(NC(=O)C=Cc1ccc(F)cc1[N+](=O)[O-])C(C)C. The third-order valence-corrected chi connectivity index (χ3v) is 4.10. The monoisotopic (exact) mass is 366 g/mol. The second kappa shape index (κ2) is 9.07. The molecule has 0 aromatic heterocycles. The van der Waals surface area contributed by atoms with Gasteiger partial charge in [-0.2, -0.15) is 0 Å². The molecule has 0 saturated carbocycles. The van der Waals surface area contributed by atoms with Crippen molar-refractivity contribution in [3.8, 4) is 0 Å². The number of hydrogen-bond donors (Lipinski definition) is 1. The summed E-state index contributed by atoms with van der Waals surface area (Å²) >= 11 is 0. The molecule has 0 heterocycles. The first kappa shape index (κ1) is 21.3. The molecule has 1 aromatic carbocycles. The van der Waals surface area contributed by atoms with Crippen LogP contribution in [-0.4, -0.2) is 28.9 Å². The van der Waals surface area contributed by atoms with Crippen LogP contribution in [0.3, 0.4) is 0 Å². The highest BCUT2D eigenvalue weighted by Gasteiger charge is 2.33. The molecule has 0 bridgehead atoms. The second-order valence-corrected chi connectivity index (χ2v) is 6.34. The highest BCUT2D eigenvalue weighted by Crippen LogP contribution is 2.23. The zero-order valence-electron chi connectivity index (χ0n) is 15.2. The van der Waals surface area contributed by atoms with Crippen LogP contribution in [0, 0.1) is 21.8 Å². The average molecular weight is 366 g/mol. The lowest BCUT2D eigenvalue weighted by Crippen LogP contribution is -2.51. The smallest absolute Gasteiger partial charge is 0.308 e. The fraction of sp³-hybridized carbons (Fsp3) is 0.444. The molecular weight excluding hydrogens is 343 g/mol. The number of nitrogens with zero attached hydrogens (tertiary/aromatic N) is 1. The number of carbonyl (C=O) groups excluding carboxylic acids is 2. The molecule has 26 heavy (non-hydrogen) atoms. The molecule has 1 N–H and O–H groups in total. The van der Waals surface area contributed by atoms with Crippen molar-refractivity contribution in [2.75, 3.05) is 6.61 Å². The van der Waals surface area contributed by atoms with Crippen molar-refractivity contribution in [3.63, 3.8) is 0 Å². The maximum Gasteiger partial charge on any atom is 0.308 e. The standard InChI is InChI=1S/C18H23FN2O5/c1-5-26-17(23)11-18(4,12(2)3)20-16(22)9-7-13-6-8-14(19)10-15(13)21(24)25/h6-10,12H,5,11H2,1-4H3,(H,20,22). The number of hydrogen-bond acceptors (Lipinski definition) is 5. The molecule has 0 saturated heterocycles. The Balaban J connectivity index is 2.94. The lowest BCUT2D eigenvalue weighted by atomic mass is 9.85. The lowest BCUT2D eigenvalue weighted by Gasteiger charge is -2.33. The summed E-state index contributed by atoms with van der Waals surface area (Å²) in [5.41, 5.74) is -1.18. The van der Waals surface area contributed by atoms with Crippen LogP contribution in [0.15, 0.2) is 24.3 Å². The normalized spacial score (nSPS) is 13.5. The van der Waals surface area contributed by atoms with E-state index in [0.29, 0.717) is 0 Å². The van der Waals surface area contributed by atoms with E-state index in [9.17, 15) is 24.1 Å². The van der Waals surface area contributed by atoms with E-state index in [1.54, 1.807) is 13.8 Å². The third-order valence-electron chi connectivity index (χ3n) is 4.10. The van der Waals surface area contributed by atoms with Gasteiger partial charge in [-0.15, -0.1) is 0 Å². The number of nitro benzene ring substituents is 1. The van der Waals surface area contributed by atoms with Gasteiger partial charge in [-0.3, -0.25) is 19.7 Å². The van der Waals surface area contributed by atoms with Gasteiger partial charge in [0.25, 0.3) is 5.69 Å². The van der Waals surface area contributed by atoms with Gasteiger partial charge in [0.2, 0.25) is 5.91 Å². The molecule has 1 atom stereocenters. The van der Waals surface area contributed by atoms with Gasteiger partial charge in [0, 0.05) is 6.08 Å². The first-order chi connectivity index (χ1) is 12.1. The minimum absolute atomic E-state index is 0.00518. The van der Waals surface area contributed by atoms with Crippen molar-refractivity contribution in [1.29, 1.82) is 0 Å². The van der Waals surface area contributed by atoms with Crippen LogP contribution >= 0.6 is 0 Å². The van der Waals surface area contributed by atoms with E-state index in [1.807, 2.05) is 13.8 Å². The molecule has 0 aliphatic rings. The molecule has 0 radical (unpaired) electrons. The van der Waals surface area contributed by atoms with E-state index < -0.39 is 33.8 Å². The molecule has 1 amide bonds. The molecular formula is C18H23FN2O5. The Morgan fingerprint density at radius 2 is 2.08 bits per heavy atom. The Hall–Kier alpha value is -2.77. The van der Waals surface area contributed by atoms with Crippen molar-refractivity contribution >= 4 is 23.6 Å². The number of carbonyl (C=O) groups is 2. The Labute approximate surface area is 151 Å². The Kier molecular flexibility index (Phi) is 7.42. The quantitative estimate of drug-likeness (QED) is 0.330. The van der Waals surface area contributed by atoms with E-state index in [0.717, 1.165) is 18.2 Å². The van der Waals surface area contributed by atoms with Gasteiger partial charge < -0.3 is 10.1 Å². The van der Waals surface area contributed by atoms with E-state index in [4.69, 9.17) is 4.74 Å². The number of esters is 1. The fourth-order valence-corrected chi connectivity index (χ4v) is 2.21. The Morgan fingerprint density at radius 1 is 1.42 bits per heavy atom. The van der Waals surface area contributed by atoms with Gasteiger partial charge in [0.15, 0.2) is 0 Å². The average Bonchev–Trinajstić information content (AvgIpc) is 2.53. The molecule has 1 aromatic rings. The van der Waals surface area contributed by atoms with Crippen LogP contribution in [0.1, 0.15) is 39.7 Å². The van der Waals surface area contributed by atoms with Gasteiger partial charge in [-0.05, 0) is 38.0 Å². The lowest BCUT2D eigenvalue weighted by molar-refractivity contribution is -0.385. The van der Waals surface area contributed by atoms with Gasteiger partial charge in [0.1, 0.15) is 5.82 Å². The van der Waals surface area contributed by atoms with Gasteiger partial charge in [0.05, 0.1) is 35.1 Å². The minimum Gasteiger partial charge on any atom is -0.466 e. The largest absolute Gasteiger partial charge is 0.466 e. The molecule has 0 spiro atoms. The van der Waals surface area contributed by atoms with E-state index in [-0.39, 0.29) is 24.5 Å². The highest BCUT2D eigenvalue weighted by atomic mass is 19.1. The molecule has 1 rings (SSSR count). The molecule has 1 unspecified atom stereocenters. The summed E-state index contributed by atoms with van der Waals surface area (Å²) < 4.78 is 18.1. The summed E-state index contributed by atoms with van der Waals surface area (Å²) in [4.78, 5) is 34.3. The zero-order chi connectivity index (χ0) is 19.9. The summed E-state index contributed by atoms with van der Waals surface area (Å²) in [7, 11) is 0. The first-order valence-corrected chi connectivity index (χ1v) is 8.19. The van der Waals surface area contributed by atoms with Gasteiger partial charge in [-0.25, -0.2) is 4.39 Å². The summed E-state index contributed by atoms with van der Waals surface area (Å²) in [5.74, 6) is -1.75. The first-order valence-electron chi connectivity index (χ1n) is 8.19.